The zero-order valence-electron chi connectivity index (χ0n) is 18.0. The maximum Gasteiger partial charge on any atom is 0.140 e. The van der Waals surface area contributed by atoms with Gasteiger partial charge in [0, 0.05) is 23.1 Å². The molecular formula is C28H30NO+. The van der Waals surface area contributed by atoms with Gasteiger partial charge in [-0.25, -0.2) is 0 Å². The molecule has 0 saturated carbocycles. The minimum absolute atomic E-state index is 0.00174. The summed E-state index contributed by atoms with van der Waals surface area (Å²) in [5.74, 6) is 6.50. The highest BCUT2D eigenvalue weighted by atomic mass is 16.3. The molecular weight excluding hydrogens is 366 g/mol. The van der Waals surface area contributed by atoms with Gasteiger partial charge >= 0.3 is 0 Å². The Labute approximate surface area is 180 Å². The highest BCUT2D eigenvalue weighted by Gasteiger charge is 2.48. The zero-order valence-corrected chi connectivity index (χ0v) is 18.0. The summed E-state index contributed by atoms with van der Waals surface area (Å²) in [6.07, 6.45) is 0.611. The van der Waals surface area contributed by atoms with E-state index in [4.69, 9.17) is 0 Å². The largest absolute Gasteiger partial charge is 0.377 e. The van der Waals surface area contributed by atoms with Crippen LogP contribution in [0.2, 0.25) is 0 Å². The molecule has 0 radical (unpaired) electrons. The molecule has 1 heterocycles. The van der Waals surface area contributed by atoms with Crippen LogP contribution in [0.4, 0.5) is 0 Å². The lowest BCUT2D eigenvalue weighted by Crippen LogP contribution is -2.91. The molecule has 4 atom stereocenters. The van der Waals surface area contributed by atoms with E-state index in [1.54, 1.807) is 0 Å². The number of quaternary nitrogens is 1. The molecule has 1 fully saturated rings. The van der Waals surface area contributed by atoms with Crippen molar-refractivity contribution in [3.05, 3.63) is 107 Å². The lowest BCUT2D eigenvalue weighted by Gasteiger charge is -2.42. The van der Waals surface area contributed by atoms with E-state index in [0.717, 1.165) is 5.56 Å². The van der Waals surface area contributed by atoms with Gasteiger partial charge < -0.3 is 10.4 Å². The van der Waals surface area contributed by atoms with Gasteiger partial charge in [0.2, 0.25) is 0 Å². The van der Waals surface area contributed by atoms with Gasteiger partial charge in [-0.15, -0.1) is 0 Å². The number of benzene rings is 3. The van der Waals surface area contributed by atoms with Crippen LogP contribution in [0.15, 0.2) is 78.9 Å². The van der Waals surface area contributed by atoms with Crippen LogP contribution in [-0.4, -0.2) is 10.7 Å². The first-order valence-electron chi connectivity index (χ1n) is 10.7. The Hall–Kier alpha value is -2.86. The van der Waals surface area contributed by atoms with Crippen molar-refractivity contribution in [2.45, 2.75) is 44.9 Å². The SMILES string of the molecule is Cc1ccc([C@H]2[NH2+][C@@H](c3ccc(C)cc3)C[C@@](O)(C#Cc3ccccc3)[C@@H]2C)cc1. The van der Waals surface area contributed by atoms with Crippen molar-refractivity contribution >= 4 is 0 Å². The second kappa shape index (κ2) is 8.48. The number of aliphatic hydroxyl groups is 1. The lowest BCUT2D eigenvalue weighted by atomic mass is 9.72. The lowest BCUT2D eigenvalue weighted by molar-refractivity contribution is -0.755. The Balaban J connectivity index is 1.73. The van der Waals surface area contributed by atoms with Crippen molar-refractivity contribution in [1.82, 2.24) is 0 Å². The molecule has 1 saturated heterocycles. The van der Waals surface area contributed by atoms with Gasteiger partial charge in [0.1, 0.15) is 17.7 Å². The summed E-state index contributed by atoms with van der Waals surface area (Å²) in [4.78, 5) is 0. The second-order valence-electron chi connectivity index (χ2n) is 8.68. The first-order valence-corrected chi connectivity index (χ1v) is 10.7. The molecule has 2 nitrogen and oxygen atoms in total. The zero-order chi connectivity index (χ0) is 21.1. The Morgan fingerprint density at radius 1 is 0.833 bits per heavy atom. The van der Waals surface area contributed by atoms with E-state index < -0.39 is 5.60 Å². The van der Waals surface area contributed by atoms with Gasteiger partial charge in [-0.05, 0) is 26.0 Å². The first-order chi connectivity index (χ1) is 14.4. The summed E-state index contributed by atoms with van der Waals surface area (Å²) in [6.45, 7) is 6.34. The highest BCUT2D eigenvalue weighted by molar-refractivity contribution is 5.38. The summed E-state index contributed by atoms with van der Waals surface area (Å²) in [7, 11) is 0. The third-order valence-corrected chi connectivity index (χ3v) is 6.43. The summed E-state index contributed by atoms with van der Waals surface area (Å²) in [5, 5.41) is 14.2. The van der Waals surface area contributed by atoms with E-state index in [1.807, 2.05) is 30.3 Å². The molecule has 1 aliphatic rings. The normalized spacial score (nSPS) is 25.9. The molecule has 1 aliphatic heterocycles. The minimum Gasteiger partial charge on any atom is -0.377 e. The van der Waals surface area contributed by atoms with Crippen LogP contribution in [0.5, 0.6) is 0 Å². The van der Waals surface area contributed by atoms with E-state index in [0.29, 0.717) is 6.42 Å². The summed E-state index contributed by atoms with van der Waals surface area (Å²) in [6, 6.07) is 27.6. The van der Waals surface area contributed by atoms with Crippen LogP contribution in [0.3, 0.4) is 0 Å². The van der Waals surface area contributed by atoms with Crippen LogP contribution in [0.25, 0.3) is 0 Å². The molecule has 0 unspecified atom stereocenters. The van der Waals surface area contributed by atoms with Crippen LogP contribution in [0, 0.1) is 31.6 Å². The second-order valence-corrected chi connectivity index (χ2v) is 8.68. The third kappa shape index (κ3) is 4.33. The molecule has 4 rings (SSSR count). The number of piperidine rings is 1. The van der Waals surface area contributed by atoms with E-state index in [2.05, 4.69) is 86.5 Å². The summed E-state index contributed by atoms with van der Waals surface area (Å²) in [5.41, 5.74) is 4.85. The van der Waals surface area contributed by atoms with Crippen LogP contribution >= 0.6 is 0 Å². The molecule has 0 aromatic heterocycles. The maximum absolute atomic E-state index is 11.8. The Morgan fingerprint density at radius 3 is 2.00 bits per heavy atom. The van der Waals surface area contributed by atoms with Crippen molar-refractivity contribution in [2.75, 3.05) is 0 Å². The van der Waals surface area contributed by atoms with Crippen molar-refractivity contribution in [2.24, 2.45) is 5.92 Å². The van der Waals surface area contributed by atoms with Crippen molar-refractivity contribution in [3.63, 3.8) is 0 Å². The van der Waals surface area contributed by atoms with Crippen LogP contribution in [0.1, 0.15) is 53.2 Å². The average molecular weight is 397 g/mol. The molecule has 30 heavy (non-hydrogen) atoms. The summed E-state index contributed by atoms with van der Waals surface area (Å²) < 4.78 is 0. The number of aryl methyl sites for hydroxylation is 2. The fourth-order valence-electron chi connectivity index (χ4n) is 4.40. The fourth-order valence-corrected chi connectivity index (χ4v) is 4.40. The third-order valence-electron chi connectivity index (χ3n) is 6.43. The van der Waals surface area contributed by atoms with Crippen LogP contribution in [-0.2, 0) is 0 Å². The Morgan fingerprint density at radius 2 is 1.40 bits per heavy atom. The van der Waals surface area contributed by atoms with Gasteiger partial charge in [-0.1, -0.05) is 96.6 Å². The highest BCUT2D eigenvalue weighted by Crippen LogP contribution is 2.38. The smallest absolute Gasteiger partial charge is 0.140 e. The standard InChI is InChI=1S/C28H29NO/c1-20-9-13-24(14-10-20)26-19-28(30,18-17-23-7-5-4-6-8-23)22(3)27(29-26)25-15-11-21(2)12-16-25/h4-16,22,26-27,29-30H,19H2,1-3H3/p+1/t22-,26-,27+,28+/m1/s1. The van der Waals surface area contributed by atoms with Crippen molar-refractivity contribution in [1.29, 1.82) is 0 Å². The molecule has 152 valence electrons. The molecule has 0 bridgehead atoms. The Bertz CT molecular complexity index is 1040. The molecule has 0 amide bonds. The topological polar surface area (TPSA) is 36.8 Å². The Kier molecular flexibility index (Phi) is 5.77. The van der Waals surface area contributed by atoms with E-state index in [-0.39, 0.29) is 18.0 Å². The number of rotatable bonds is 2. The molecule has 3 aromatic carbocycles. The summed E-state index contributed by atoms with van der Waals surface area (Å²) >= 11 is 0. The van der Waals surface area contributed by atoms with Gasteiger partial charge in [0.15, 0.2) is 0 Å². The van der Waals surface area contributed by atoms with E-state index in [1.165, 1.54) is 22.3 Å². The predicted octanol–water partition coefficient (Wildman–Crippen LogP) is 4.47. The van der Waals surface area contributed by atoms with Gasteiger partial charge in [0.25, 0.3) is 0 Å². The number of hydrogen-bond donors (Lipinski definition) is 2. The minimum atomic E-state index is -1.06. The molecule has 2 heteroatoms. The van der Waals surface area contributed by atoms with E-state index in [9.17, 15) is 5.11 Å². The number of hydrogen-bond acceptors (Lipinski definition) is 1. The van der Waals surface area contributed by atoms with E-state index >= 15 is 0 Å². The molecule has 3 aromatic rings. The maximum atomic E-state index is 11.8. The van der Waals surface area contributed by atoms with Crippen molar-refractivity contribution < 1.29 is 10.4 Å². The van der Waals surface area contributed by atoms with Gasteiger partial charge in [-0.3, -0.25) is 0 Å². The quantitative estimate of drug-likeness (QED) is 0.616. The van der Waals surface area contributed by atoms with Gasteiger partial charge in [0.05, 0.1) is 5.92 Å². The molecule has 0 aliphatic carbocycles. The van der Waals surface area contributed by atoms with Crippen LogP contribution < -0.4 is 5.32 Å². The fraction of sp³-hybridized carbons (Fsp3) is 0.286. The molecule has 3 N–H and O–H groups in total. The van der Waals surface area contributed by atoms with Gasteiger partial charge in [-0.2, -0.15) is 0 Å². The molecule has 0 spiro atoms. The predicted molar refractivity (Wildman–Crippen MR) is 122 cm³/mol. The van der Waals surface area contributed by atoms with Crippen molar-refractivity contribution in [3.8, 4) is 11.8 Å². The first kappa shape index (κ1) is 20.4. The number of nitrogens with two attached hydrogens (primary N) is 1. The average Bonchev–Trinajstić information content (AvgIpc) is 2.76. The monoisotopic (exact) mass is 396 g/mol.